The minimum atomic E-state index is 0.431. The first-order valence-electron chi connectivity index (χ1n) is 6.06. The van der Waals surface area contributed by atoms with Crippen LogP contribution in [0.4, 0.5) is 0 Å². The van der Waals surface area contributed by atoms with E-state index in [1.807, 2.05) is 23.5 Å². The fraction of sp³-hybridized carbons (Fsp3) is 0.667. The Kier molecular flexibility index (Phi) is 4.45. The molecule has 0 saturated carbocycles. The Morgan fingerprint density at radius 1 is 1.41 bits per heavy atom. The van der Waals surface area contributed by atoms with Crippen molar-refractivity contribution in [3.05, 3.63) is 16.6 Å². The molecule has 2 rings (SSSR count). The van der Waals surface area contributed by atoms with Gasteiger partial charge in [-0.25, -0.2) is 0 Å². The maximum absolute atomic E-state index is 4.68. The predicted molar refractivity (Wildman–Crippen MR) is 76.7 cm³/mol. The molecule has 0 atom stereocenters. The fourth-order valence-electron chi connectivity index (χ4n) is 1.83. The van der Waals surface area contributed by atoms with E-state index in [1.54, 1.807) is 11.3 Å². The highest BCUT2D eigenvalue weighted by Gasteiger charge is 2.29. The molecule has 1 aliphatic rings. The summed E-state index contributed by atoms with van der Waals surface area (Å²) < 4.78 is 0. The number of nitrogens with one attached hydrogen (secondary N) is 1. The Bertz CT molecular complexity index is 369. The van der Waals surface area contributed by atoms with E-state index in [0.29, 0.717) is 5.41 Å². The molecule has 0 radical (unpaired) electrons. The molecule has 0 fully saturated rings. The quantitative estimate of drug-likeness (QED) is 0.912. The first-order chi connectivity index (χ1) is 8.28. The molecule has 0 saturated heterocycles. The Balaban J connectivity index is 1.86. The SMILES string of the molecule is CCC1(CC)CN=C(NCc2cncs2)SC1. The van der Waals surface area contributed by atoms with Crippen molar-refractivity contribution in [3.63, 3.8) is 0 Å². The Hall–Kier alpha value is -0.550. The summed E-state index contributed by atoms with van der Waals surface area (Å²) in [6.07, 6.45) is 4.36. The first-order valence-corrected chi connectivity index (χ1v) is 7.93. The number of aliphatic imine (C=N–C) groups is 1. The van der Waals surface area contributed by atoms with E-state index < -0.39 is 0 Å². The van der Waals surface area contributed by atoms with Crippen molar-refractivity contribution < 1.29 is 0 Å². The van der Waals surface area contributed by atoms with E-state index in [0.717, 1.165) is 18.3 Å². The predicted octanol–water partition coefficient (Wildman–Crippen LogP) is 3.14. The maximum atomic E-state index is 4.68. The number of nitrogens with zero attached hydrogens (tertiary/aromatic N) is 2. The minimum absolute atomic E-state index is 0.431. The molecule has 0 aromatic carbocycles. The van der Waals surface area contributed by atoms with Gasteiger partial charge in [-0.1, -0.05) is 25.6 Å². The number of aromatic nitrogens is 1. The summed E-state index contributed by atoms with van der Waals surface area (Å²) in [5, 5.41) is 4.49. The zero-order valence-corrected chi connectivity index (χ0v) is 12.0. The van der Waals surface area contributed by atoms with Crippen LogP contribution < -0.4 is 5.32 Å². The number of rotatable bonds is 4. The highest BCUT2D eigenvalue weighted by atomic mass is 32.2. The maximum Gasteiger partial charge on any atom is 0.156 e. The van der Waals surface area contributed by atoms with Crippen LogP contribution in [0.3, 0.4) is 0 Å². The smallest absolute Gasteiger partial charge is 0.156 e. The first kappa shape index (κ1) is 12.9. The highest BCUT2D eigenvalue weighted by molar-refractivity contribution is 8.13. The zero-order valence-electron chi connectivity index (χ0n) is 10.4. The van der Waals surface area contributed by atoms with Crippen molar-refractivity contribution in [2.45, 2.75) is 33.2 Å². The number of amidine groups is 1. The number of hydrogen-bond acceptors (Lipinski definition) is 5. The van der Waals surface area contributed by atoms with Crippen molar-refractivity contribution >= 4 is 28.3 Å². The topological polar surface area (TPSA) is 37.3 Å². The van der Waals surface area contributed by atoms with E-state index in [9.17, 15) is 0 Å². The third-order valence-electron chi connectivity index (χ3n) is 3.47. The summed E-state index contributed by atoms with van der Waals surface area (Å²) in [6.45, 7) is 6.37. The lowest BCUT2D eigenvalue weighted by atomic mass is 9.84. The van der Waals surface area contributed by atoms with Gasteiger partial charge >= 0.3 is 0 Å². The van der Waals surface area contributed by atoms with Gasteiger partial charge in [0.15, 0.2) is 5.17 Å². The van der Waals surface area contributed by atoms with Gasteiger partial charge < -0.3 is 5.32 Å². The van der Waals surface area contributed by atoms with E-state index in [-0.39, 0.29) is 0 Å². The lowest BCUT2D eigenvalue weighted by Gasteiger charge is -2.33. The molecule has 94 valence electrons. The van der Waals surface area contributed by atoms with Crippen molar-refractivity contribution in [1.82, 2.24) is 10.3 Å². The third kappa shape index (κ3) is 3.22. The van der Waals surface area contributed by atoms with Crippen LogP contribution in [0.25, 0.3) is 0 Å². The molecule has 3 nitrogen and oxygen atoms in total. The molecule has 0 unspecified atom stereocenters. The van der Waals surface area contributed by atoms with Crippen LogP contribution in [0.15, 0.2) is 16.7 Å². The number of thioether (sulfide) groups is 1. The average Bonchev–Trinajstić information content (AvgIpc) is 2.90. The Morgan fingerprint density at radius 3 is 2.76 bits per heavy atom. The molecule has 0 bridgehead atoms. The summed E-state index contributed by atoms with van der Waals surface area (Å²) in [4.78, 5) is 10.0. The average molecular weight is 269 g/mol. The number of thiazole rings is 1. The summed E-state index contributed by atoms with van der Waals surface area (Å²) in [5.41, 5.74) is 2.30. The Morgan fingerprint density at radius 2 is 2.24 bits per heavy atom. The van der Waals surface area contributed by atoms with E-state index >= 15 is 0 Å². The monoisotopic (exact) mass is 269 g/mol. The third-order valence-corrected chi connectivity index (χ3v) is 5.55. The Labute approximate surface area is 111 Å². The van der Waals surface area contributed by atoms with Gasteiger partial charge in [0.1, 0.15) is 0 Å². The summed E-state index contributed by atoms with van der Waals surface area (Å²) in [7, 11) is 0. The minimum Gasteiger partial charge on any atom is -0.360 e. The van der Waals surface area contributed by atoms with Crippen LogP contribution in [0.2, 0.25) is 0 Å². The van der Waals surface area contributed by atoms with Gasteiger partial charge in [0.2, 0.25) is 0 Å². The molecule has 0 aliphatic carbocycles. The highest BCUT2D eigenvalue weighted by Crippen LogP contribution is 2.34. The lowest BCUT2D eigenvalue weighted by Crippen LogP contribution is -2.34. The van der Waals surface area contributed by atoms with E-state index in [2.05, 4.69) is 29.1 Å². The van der Waals surface area contributed by atoms with Crippen molar-refractivity contribution in [2.75, 3.05) is 12.3 Å². The molecule has 1 N–H and O–H groups in total. The fourth-order valence-corrected chi connectivity index (χ4v) is 3.64. The second kappa shape index (κ2) is 5.87. The van der Waals surface area contributed by atoms with Gasteiger partial charge in [0, 0.05) is 23.4 Å². The summed E-state index contributed by atoms with van der Waals surface area (Å²) in [5.74, 6) is 1.19. The molecule has 5 heteroatoms. The van der Waals surface area contributed by atoms with Gasteiger partial charge in [-0.05, 0) is 18.3 Å². The zero-order chi connectivity index (χ0) is 12.1. The number of hydrogen-bond donors (Lipinski definition) is 1. The normalized spacial score (nSPS) is 18.8. The molecule has 1 aromatic rings. The molecule has 2 heterocycles. The summed E-state index contributed by atoms with van der Waals surface area (Å²) in [6, 6.07) is 0. The van der Waals surface area contributed by atoms with Gasteiger partial charge in [0.25, 0.3) is 0 Å². The van der Waals surface area contributed by atoms with Crippen LogP contribution in [-0.2, 0) is 6.54 Å². The van der Waals surface area contributed by atoms with Gasteiger partial charge in [-0.2, -0.15) is 0 Å². The van der Waals surface area contributed by atoms with Crippen molar-refractivity contribution in [1.29, 1.82) is 0 Å². The second-order valence-electron chi connectivity index (χ2n) is 4.44. The largest absolute Gasteiger partial charge is 0.360 e. The molecular formula is C12H19N3S2. The molecule has 1 aromatic heterocycles. The summed E-state index contributed by atoms with van der Waals surface area (Å²) >= 11 is 3.55. The molecule has 0 spiro atoms. The van der Waals surface area contributed by atoms with Gasteiger partial charge in [-0.15, -0.1) is 11.3 Å². The molecule has 17 heavy (non-hydrogen) atoms. The van der Waals surface area contributed by atoms with Crippen LogP contribution in [0, 0.1) is 5.41 Å². The standard InChI is InChI=1S/C12H19N3S2/c1-3-12(4-2)7-15-11(16-8-12)14-6-10-5-13-9-17-10/h5,9H,3-4,6-8H2,1-2H3,(H,14,15). The van der Waals surface area contributed by atoms with Crippen molar-refractivity contribution in [2.24, 2.45) is 10.4 Å². The van der Waals surface area contributed by atoms with E-state index in [4.69, 9.17) is 0 Å². The van der Waals surface area contributed by atoms with Gasteiger partial charge in [0.05, 0.1) is 12.1 Å². The molecule has 1 aliphatic heterocycles. The lowest BCUT2D eigenvalue weighted by molar-refractivity contribution is 0.318. The van der Waals surface area contributed by atoms with Crippen LogP contribution in [0.1, 0.15) is 31.6 Å². The van der Waals surface area contributed by atoms with Crippen LogP contribution in [-0.4, -0.2) is 22.4 Å². The van der Waals surface area contributed by atoms with Crippen molar-refractivity contribution in [3.8, 4) is 0 Å². The molecule has 0 amide bonds. The second-order valence-corrected chi connectivity index (χ2v) is 6.37. The van der Waals surface area contributed by atoms with Gasteiger partial charge in [-0.3, -0.25) is 9.98 Å². The molecular weight excluding hydrogens is 250 g/mol. The van der Waals surface area contributed by atoms with Crippen LogP contribution in [0.5, 0.6) is 0 Å². The van der Waals surface area contributed by atoms with E-state index in [1.165, 1.54) is 23.5 Å². The van der Waals surface area contributed by atoms with Crippen LogP contribution >= 0.6 is 23.1 Å².